The van der Waals surface area contributed by atoms with Crippen molar-refractivity contribution in [3.8, 4) is 0 Å². The van der Waals surface area contributed by atoms with Crippen molar-refractivity contribution in [2.75, 3.05) is 53.4 Å². The highest BCUT2D eigenvalue weighted by Crippen LogP contribution is 2.23. The quantitative estimate of drug-likeness (QED) is 0.337. The highest BCUT2D eigenvalue weighted by atomic mass is 127. The summed E-state index contributed by atoms with van der Waals surface area (Å²) in [7, 11) is 3.58. The van der Waals surface area contributed by atoms with E-state index in [2.05, 4.69) is 40.9 Å². The van der Waals surface area contributed by atoms with Crippen molar-refractivity contribution in [3.63, 3.8) is 0 Å². The van der Waals surface area contributed by atoms with Crippen LogP contribution in [0.5, 0.6) is 0 Å². The normalized spacial score (nSPS) is 23.6. The fraction of sp³-hybridized carbons (Fsp3) is 0.900. The summed E-state index contributed by atoms with van der Waals surface area (Å²) >= 11 is 0. The van der Waals surface area contributed by atoms with Gasteiger partial charge in [0.1, 0.15) is 6.54 Å². The number of guanidine groups is 1. The van der Waals surface area contributed by atoms with Crippen LogP contribution in [0.15, 0.2) is 4.99 Å². The number of aliphatic imine (C=N–C) groups is 1. The molecule has 0 aromatic heterocycles. The van der Waals surface area contributed by atoms with Gasteiger partial charge in [0.05, 0.1) is 0 Å². The molecule has 158 valence electrons. The lowest BCUT2D eigenvalue weighted by molar-refractivity contribution is -0.127. The van der Waals surface area contributed by atoms with Crippen molar-refractivity contribution in [3.05, 3.63) is 0 Å². The molecule has 0 saturated carbocycles. The molecular weight excluding hydrogens is 453 g/mol. The highest BCUT2D eigenvalue weighted by Gasteiger charge is 2.28. The summed E-state index contributed by atoms with van der Waals surface area (Å²) in [5.41, 5.74) is 0. The summed E-state index contributed by atoms with van der Waals surface area (Å²) in [5.74, 6) is 2.46. The van der Waals surface area contributed by atoms with Crippen LogP contribution in [0.25, 0.3) is 0 Å². The van der Waals surface area contributed by atoms with Gasteiger partial charge in [0.25, 0.3) is 0 Å². The van der Waals surface area contributed by atoms with E-state index < -0.39 is 0 Å². The Morgan fingerprint density at radius 3 is 2.63 bits per heavy atom. The second-order valence-corrected chi connectivity index (χ2v) is 8.46. The number of hydrogen-bond donors (Lipinski definition) is 1. The Labute approximate surface area is 183 Å². The number of carbonyl (C=O) groups is 1. The van der Waals surface area contributed by atoms with Crippen molar-refractivity contribution >= 4 is 35.8 Å². The molecule has 0 aromatic carbocycles. The van der Waals surface area contributed by atoms with E-state index in [4.69, 9.17) is 0 Å². The van der Waals surface area contributed by atoms with Crippen LogP contribution >= 0.6 is 24.0 Å². The summed E-state index contributed by atoms with van der Waals surface area (Å²) in [6.07, 6.45) is 5.03. The molecule has 2 saturated heterocycles. The minimum atomic E-state index is 0. The fourth-order valence-corrected chi connectivity index (χ4v) is 4.19. The van der Waals surface area contributed by atoms with Crippen LogP contribution in [0.3, 0.4) is 0 Å². The van der Waals surface area contributed by atoms with E-state index in [1.54, 1.807) is 19.0 Å². The predicted molar refractivity (Wildman–Crippen MR) is 124 cm³/mol. The van der Waals surface area contributed by atoms with Crippen LogP contribution in [0.4, 0.5) is 0 Å². The molecular formula is C20H40IN5O. The third-order valence-electron chi connectivity index (χ3n) is 5.65. The van der Waals surface area contributed by atoms with Crippen LogP contribution in [0.1, 0.15) is 46.5 Å². The molecule has 0 aromatic rings. The molecule has 2 heterocycles. The zero-order chi connectivity index (χ0) is 19.1. The first-order chi connectivity index (χ1) is 12.4. The van der Waals surface area contributed by atoms with Crippen molar-refractivity contribution in [2.24, 2.45) is 16.8 Å². The molecule has 0 spiro atoms. The van der Waals surface area contributed by atoms with E-state index in [0.717, 1.165) is 44.0 Å². The second-order valence-electron chi connectivity index (χ2n) is 8.46. The molecule has 6 nitrogen and oxygen atoms in total. The van der Waals surface area contributed by atoms with Gasteiger partial charge in [0.2, 0.25) is 5.91 Å². The minimum Gasteiger partial charge on any atom is -0.355 e. The first kappa shape index (κ1) is 24.5. The summed E-state index contributed by atoms with van der Waals surface area (Å²) in [4.78, 5) is 23.2. The maximum atomic E-state index is 12.0. The largest absolute Gasteiger partial charge is 0.355 e. The van der Waals surface area contributed by atoms with E-state index in [1.165, 1.54) is 32.2 Å². The third kappa shape index (κ3) is 7.75. The van der Waals surface area contributed by atoms with E-state index in [9.17, 15) is 4.79 Å². The van der Waals surface area contributed by atoms with Crippen molar-refractivity contribution in [1.82, 2.24) is 20.0 Å². The van der Waals surface area contributed by atoms with E-state index in [0.29, 0.717) is 6.04 Å². The number of hydrogen-bond acceptors (Lipinski definition) is 3. The number of amides is 1. The summed E-state index contributed by atoms with van der Waals surface area (Å²) in [6.45, 7) is 12.4. The molecule has 1 amide bonds. The van der Waals surface area contributed by atoms with Crippen LogP contribution in [0, 0.1) is 11.8 Å². The molecule has 27 heavy (non-hydrogen) atoms. The van der Waals surface area contributed by atoms with Gasteiger partial charge in [0, 0.05) is 39.8 Å². The molecule has 7 heteroatoms. The fourth-order valence-electron chi connectivity index (χ4n) is 4.19. The monoisotopic (exact) mass is 493 g/mol. The van der Waals surface area contributed by atoms with Crippen molar-refractivity contribution in [1.29, 1.82) is 0 Å². The van der Waals surface area contributed by atoms with E-state index in [-0.39, 0.29) is 36.4 Å². The zero-order valence-corrected chi connectivity index (χ0v) is 20.2. The topological polar surface area (TPSA) is 51.2 Å². The smallest absolute Gasteiger partial charge is 0.243 e. The van der Waals surface area contributed by atoms with E-state index >= 15 is 0 Å². The van der Waals surface area contributed by atoms with Gasteiger partial charge in [-0.2, -0.15) is 0 Å². The number of halogens is 1. The molecule has 2 rings (SSSR count). The molecule has 1 N–H and O–H groups in total. The van der Waals surface area contributed by atoms with Gasteiger partial charge in [0.15, 0.2) is 5.96 Å². The zero-order valence-electron chi connectivity index (χ0n) is 17.9. The number of nitrogens with one attached hydrogen (secondary N) is 1. The lowest BCUT2D eigenvalue weighted by Crippen LogP contribution is -2.46. The number of nitrogens with zero attached hydrogens (tertiary/aromatic N) is 4. The number of rotatable bonds is 7. The van der Waals surface area contributed by atoms with Crippen molar-refractivity contribution in [2.45, 2.75) is 52.5 Å². The van der Waals surface area contributed by atoms with Crippen LogP contribution in [0.2, 0.25) is 0 Å². The van der Waals surface area contributed by atoms with Crippen LogP contribution in [-0.4, -0.2) is 86.0 Å². The second kappa shape index (κ2) is 12.1. The van der Waals surface area contributed by atoms with Gasteiger partial charge in [-0.25, -0.2) is 4.99 Å². The molecule has 2 atom stereocenters. The van der Waals surface area contributed by atoms with Gasteiger partial charge in [-0.05, 0) is 50.6 Å². The maximum absolute atomic E-state index is 12.0. The van der Waals surface area contributed by atoms with Gasteiger partial charge in [-0.3, -0.25) is 9.69 Å². The lowest BCUT2D eigenvalue weighted by atomic mass is 9.97. The SMILES string of the molecule is CCN1CCCC1CNC(=NCC(=O)N(C)C)N1CCC(CC(C)C)C1.I. The van der Waals surface area contributed by atoms with Gasteiger partial charge < -0.3 is 15.1 Å². The Kier molecular flexibility index (Phi) is 11.0. The molecule has 2 fully saturated rings. The first-order valence-electron chi connectivity index (χ1n) is 10.4. The molecule has 0 bridgehead atoms. The van der Waals surface area contributed by atoms with Crippen molar-refractivity contribution < 1.29 is 4.79 Å². The molecule has 2 unspecified atom stereocenters. The lowest BCUT2D eigenvalue weighted by Gasteiger charge is -2.27. The average molecular weight is 493 g/mol. The standard InChI is InChI=1S/C20H39N5O.HI/c1-6-24-10-7-8-18(24)13-21-20(22-14-19(26)23(4)5)25-11-9-17(15-25)12-16(2)3;/h16-18H,6-15H2,1-5H3,(H,21,22);1H. The third-order valence-corrected chi connectivity index (χ3v) is 5.65. The minimum absolute atomic E-state index is 0. The Hall–Kier alpha value is -0.570. The van der Waals surface area contributed by atoms with E-state index in [1.807, 2.05) is 0 Å². The molecule has 2 aliphatic rings. The first-order valence-corrected chi connectivity index (χ1v) is 10.4. The number of likely N-dealkylation sites (N-methyl/N-ethyl adjacent to an activating group) is 2. The molecule has 0 radical (unpaired) electrons. The van der Waals surface area contributed by atoms with Crippen LogP contribution < -0.4 is 5.32 Å². The molecule has 2 aliphatic heterocycles. The summed E-state index contributed by atoms with van der Waals surface area (Å²) < 4.78 is 0. The predicted octanol–water partition coefficient (Wildman–Crippen LogP) is 2.49. The van der Waals surface area contributed by atoms with Gasteiger partial charge >= 0.3 is 0 Å². The Morgan fingerprint density at radius 2 is 2.00 bits per heavy atom. The van der Waals surface area contributed by atoms with Gasteiger partial charge in [-0.1, -0.05) is 20.8 Å². The average Bonchev–Trinajstić information content (AvgIpc) is 3.23. The Balaban J connectivity index is 0.00000364. The number of likely N-dealkylation sites (tertiary alicyclic amines) is 2. The van der Waals surface area contributed by atoms with Crippen LogP contribution in [-0.2, 0) is 4.79 Å². The number of carbonyl (C=O) groups excluding carboxylic acids is 1. The van der Waals surface area contributed by atoms with Gasteiger partial charge in [-0.15, -0.1) is 24.0 Å². The maximum Gasteiger partial charge on any atom is 0.243 e. The Bertz CT molecular complexity index is 483. The Morgan fingerprint density at radius 1 is 1.26 bits per heavy atom. The summed E-state index contributed by atoms with van der Waals surface area (Å²) in [6, 6.07) is 0.587. The summed E-state index contributed by atoms with van der Waals surface area (Å²) in [5, 5.41) is 3.60. The molecule has 0 aliphatic carbocycles. The highest BCUT2D eigenvalue weighted by molar-refractivity contribution is 14.0.